The van der Waals surface area contributed by atoms with E-state index in [4.69, 9.17) is 11.2 Å². The summed E-state index contributed by atoms with van der Waals surface area (Å²) in [6.45, 7) is 1.95. The highest BCUT2D eigenvalue weighted by atomic mass is 31.0. The summed E-state index contributed by atoms with van der Waals surface area (Å²) in [5.74, 6) is 0.641. The van der Waals surface area contributed by atoms with Crippen LogP contribution in [0, 0.1) is 0 Å². The summed E-state index contributed by atoms with van der Waals surface area (Å²) < 4.78 is 9.85. The van der Waals surface area contributed by atoms with E-state index in [-0.39, 0.29) is 9.06 Å². The molecule has 0 amide bonds. The van der Waals surface area contributed by atoms with Gasteiger partial charge in [0.2, 0.25) is 5.95 Å². The van der Waals surface area contributed by atoms with E-state index in [2.05, 4.69) is 108 Å². The van der Waals surface area contributed by atoms with Crippen LogP contribution in [0.15, 0.2) is 121 Å². The zero-order valence-corrected chi connectivity index (χ0v) is 21.0. The first-order valence-corrected chi connectivity index (χ1v) is 12.8. The Hall–Kier alpha value is -4.27. The molecule has 0 saturated heterocycles. The predicted molar refractivity (Wildman–Crippen MR) is 160 cm³/mol. The average molecular weight is 492 g/mol. The van der Waals surface area contributed by atoms with E-state index in [1.54, 1.807) is 0 Å². The molecule has 1 radical (unpaired) electrons. The van der Waals surface area contributed by atoms with Gasteiger partial charge >= 0.3 is 0 Å². The standard InChI is InChI=1S/C32H22BN3P/c37-33-24-18-19-26-25-10-5-7-13-29(25)36(30(26)20-24)32-34-28-12-6-4-11-27(28)31(35-32)23-16-14-22(15-17-23)21-8-2-1-3-9-21/h1-20H,37H2/i37T. The molecule has 5 heteroatoms. The maximum atomic E-state index is 7.70. The monoisotopic (exact) mass is 492 g/mol. The van der Waals surface area contributed by atoms with Gasteiger partial charge in [-0.15, -0.1) is 0 Å². The number of rotatable bonds is 5. The lowest BCUT2D eigenvalue weighted by Crippen LogP contribution is -2.09. The van der Waals surface area contributed by atoms with Crippen LogP contribution in [0.1, 0.15) is 0 Å². The van der Waals surface area contributed by atoms with Crippen molar-refractivity contribution in [2.75, 3.05) is 0 Å². The summed E-state index contributed by atoms with van der Waals surface area (Å²) in [4.78, 5) is 10.2. The molecule has 2 heterocycles. The Bertz CT molecular complexity index is 1940. The Balaban J connectivity index is 1.47. The number of para-hydroxylation sites is 2. The van der Waals surface area contributed by atoms with E-state index < -0.39 is 0 Å². The van der Waals surface area contributed by atoms with Gasteiger partial charge in [-0.1, -0.05) is 109 Å². The van der Waals surface area contributed by atoms with E-state index in [1.807, 2.05) is 25.2 Å². The van der Waals surface area contributed by atoms with E-state index >= 15 is 0 Å². The molecule has 7 aromatic rings. The summed E-state index contributed by atoms with van der Waals surface area (Å²) in [6, 6.07) is 42.0. The minimum absolute atomic E-state index is 0.00255. The quantitative estimate of drug-likeness (QED) is 0.188. The van der Waals surface area contributed by atoms with Crippen molar-refractivity contribution < 1.29 is 0 Å². The Morgan fingerprint density at radius 3 is 2.11 bits per heavy atom. The van der Waals surface area contributed by atoms with Crippen molar-refractivity contribution in [2.24, 2.45) is 0 Å². The molecule has 1 atom stereocenters. The summed E-state index contributed by atoms with van der Waals surface area (Å²) in [5, 5.41) is 3.33. The summed E-state index contributed by atoms with van der Waals surface area (Å²) in [5.41, 5.74) is 8.37. The highest BCUT2D eigenvalue weighted by Gasteiger charge is 2.17. The van der Waals surface area contributed by atoms with Crippen LogP contribution < -0.4 is 5.46 Å². The van der Waals surface area contributed by atoms with Gasteiger partial charge in [0.25, 0.3) is 0 Å². The Morgan fingerprint density at radius 1 is 0.595 bits per heavy atom. The normalized spacial score (nSPS) is 12.1. The highest BCUT2D eigenvalue weighted by Crippen LogP contribution is 2.33. The van der Waals surface area contributed by atoms with Gasteiger partial charge in [0, 0.05) is 23.0 Å². The van der Waals surface area contributed by atoms with Crippen LogP contribution in [0.2, 0.25) is 0 Å². The number of nitrogens with zero attached hydrogens (tertiary/aromatic N) is 3. The molecule has 7 rings (SSSR count). The molecule has 0 aliphatic rings. The fourth-order valence-electron chi connectivity index (χ4n) is 5.13. The van der Waals surface area contributed by atoms with Crippen molar-refractivity contribution in [3.05, 3.63) is 121 Å². The Kier molecular flexibility index (Phi) is 5.08. The van der Waals surface area contributed by atoms with Crippen molar-refractivity contribution in [2.45, 2.75) is 0 Å². The summed E-state index contributed by atoms with van der Waals surface area (Å²) in [7, 11) is -0.00255. The van der Waals surface area contributed by atoms with Gasteiger partial charge in [-0.2, -0.15) is 9.06 Å². The Morgan fingerprint density at radius 2 is 1.27 bits per heavy atom. The molecule has 2 aromatic heterocycles. The minimum atomic E-state index is -0.00255. The van der Waals surface area contributed by atoms with Gasteiger partial charge in [-0.25, -0.2) is 9.97 Å². The molecular formula is C32H22BN3P. The molecule has 3 nitrogen and oxygen atoms in total. The number of benzene rings is 5. The van der Waals surface area contributed by atoms with Crippen LogP contribution in [0.3, 0.4) is 0 Å². The molecule has 1 unspecified atom stereocenters. The van der Waals surface area contributed by atoms with E-state index in [0.29, 0.717) is 5.95 Å². The molecule has 0 saturated carbocycles. The second-order valence-electron chi connectivity index (χ2n) is 9.11. The fraction of sp³-hybridized carbons (Fsp3) is 0. The SMILES string of the molecule is [3H]P[B]c1ccc2c3ccccc3n(-c3nc(-c4ccc(-c5ccccc5)cc4)c4ccccc4n3)c2c1. The van der Waals surface area contributed by atoms with E-state index in [9.17, 15) is 0 Å². The molecular weight excluding hydrogens is 468 g/mol. The molecule has 0 aliphatic carbocycles. The molecule has 0 bridgehead atoms. The van der Waals surface area contributed by atoms with Gasteiger partial charge in [-0.05, 0) is 29.3 Å². The van der Waals surface area contributed by atoms with Crippen LogP contribution in [0.4, 0.5) is 0 Å². The largest absolute Gasteiger partial charge is 0.278 e. The maximum Gasteiger partial charge on any atom is 0.235 e. The predicted octanol–water partition coefficient (Wildman–Crippen LogP) is 7.18. The average Bonchev–Trinajstić information content (AvgIpc) is 3.31. The lowest BCUT2D eigenvalue weighted by atomic mass is 9.93. The zero-order valence-electron chi connectivity index (χ0n) is 21.0. The zero-order chi connectivity index (χ0) is 25.5. The maximum absolute atomic E-state index is 7.70. The van der Waals surface area contributed by atoms with Gasteiger partial charge in [0.05, 0.1) is 22.2 Å². The molecule has 0 spiro atoms. The van der Waals surface area contributed by atoms with Crippen LogP contribution in [0.25, 0.3) is 61.0 Å². The van der Waals surface area contributed by atoms with Crippen molar-refractivity contribution >= 4 is 54.2 Å². The topological polar surface area (TPSA) is 30.7 Å². The van der Waals surface area contributed by atoms with Crippen molar-refractivity contribution in [1.29, 1.82) is 1.28 Å². The Labute approximate surface area is 219 Å². The van der Waals surface area contributed by atoms with Crippen LogP contribution in [-0.4, -0.2) is 22.8 Å². The second kappa shape index (κ2) is 8.99. The third-order valence-corrected chi connectivity index (χ3v) is 7.25. The summed E-state index contributed by atoms with van der Waals surface area (Å²) in [6.07, 6.45) is 0. The minimum Gasteiger partial charge on any atom is -0.278 e. The number of hydrogen-bond donors (Lipinski definition) is 0. The van der Waals surface area contributed by atoms with Crippen LogP contribution in [0.5, 0.6) is 0 Å². The lowest BCUT2D eigenvalue weighted by Gasteiger charge is -2.12. The first kappa shape index (κ1) is 20.9. The number of fused-ring (bicyclic) bond motifs is 4. The third-order valence-electron chi connectivity index (χ3n) is 6.92. The van der Waals surface area contributed by atoms with E-state index in [0.717, 1.165) is 49.4 Å². The molecule has 0 aliphatic heterocycles. The third kappa shape index (κ3) is 3.73. The first-order valence-electron chi connectivity index (χ1n) is 12.8. The molecule has 0 fully saturated rings. The van der Waals surface area contributed by atoms with Gasteiger partial charge in [0.1, 0.15) is 0 Å². The smallest absolute Gasteiger partial charge is 0.235 e. The number of aromatic nitrogens is 3. The van der Waals surface area contributed by atoms with E-state index in [1.165, 1.54) is 11.1 Å². The van der Waals surface area contributed by atoms with Crippen LogP contribution >= 0.6 is 9.06 Å². The molecule has 0 N–H and O–H groups in total. The van der Waals surface area contributed by atoms with Crippen molar-refractivity contribution in [3.8, 4) is 28.3 Å². The fourth-order valence-corrected chi connectivity index (χ4v) is 5.31. The van der Waals surface area contributed by atoms with Gasteiger partial charge in [0.15, 0.2) is 7.00 Å². The second-order valence-corrected chi connectivity index (χ2v) is 9.39. The molecule has 37 heavy (non-hydrogen) atoms. The van der Waals surface area contributed by atoms with Crippen LogP contribution in [-0.2, 0) is 0 Å². The van der Waals surface area contributed by atoms with Gasteiger partial charge in [-0.3, -0.25) is 4.57 Å². The van der Waals surface area contributed by atoms with Crippen molar-refractivity contribution in [1.82, 2.24) is 14.5 Å². The summed E-state index contributed by atoms with van der Waals surface area (Å²) >= 11 is 0. The first-order chi connectivity index (χ1) is 18.8. The highest BCUT2D eigenvalue weighted by molar-refractivity contribution is 7.58. The molecule has 173 valence electrons. The van der Waals surface area contributed by atoms with Gasteiger partial charge < -0.3 is 0 Å². The lowest BCUT2D eigenvalue weighted by molar-refractivity contribution is 1.01. The number of hydrogen-bond acceptors (Lipinski definition) is 2. The van der Waals surface area contributed by atoms with Crippen molar-refractivity contribution in [3.63, 3.8) is 0 Å². The molecule has 5 aromatic carbocycles.